The lowest BCUT2D eigenvalue weighted by atomic mass is 9.67. The second kappa shape index (κ2) is 10.2. The van der Waals surface area contributed by atoms with Crippen molar-refractivity contribution in [1.82, 2.24) is 18.9 Å². The lowest BCUT2D eigenvalue weighted by molar-refractivity contribution is 0.102. The highest BCUT2D eigenvalue weighted by Crippen LogP contribution is 2.50. The van der Waals surface area contributed by atoms with Gasteiger partial charge in [-0.3, -0.25) is 14.5 Å². The van der Waals surface area contributed by atoms with Crippen LogP contribution in [0.2, 0.25) is 0 Å². The van der Waals surface area contributed by atoms with Gasteiger partial charge in [-0.25, -0.2) is 26.5 Å². The number of guanidine groups is 1. The van der Waals surface area contributed by atoms with Crippen LogP contribution in [0, 0.1) is 17.0 Å². The zero-order valence-electron chi connectivity index (χ0n) is 21.1. The molecule has 1 saturated heterocycles. The topological polar surface area (TPSA) is 118 Å². The number of hydrogen-bond donors (Lipinski definition) is 3. The van der Waals surface area contributed by atoms with Crippen LogP contribution in [0.5, 0.6) is 0 Å². The number of halogens is 2. The molecule has 1 aromatic heterocycles. The molecule has 3 aromatic rings. The quantitative estimate of drug-likeness (QED) is 0.371. The van der Waals surface area contributed by atoms with Gasteiger partial charge in [0, 0.05) is 32.7 Å². The fourth-order valence-electron chi connectivity index (χ4n) is 4.83. The zero-order valence-corrected chi connectivity index (χ0v) is 22.7. The molecule has 13 heteroatoms. The van der Waals surface area contributed by atoms with E-state index in [1.807, 2.05) is 12.1 Å². The van der Waals surface area contributed by atoms with Crippen LogP contribution in [0.15, 0.2) is 65.7 Å². The van der Waals surface area contributed by atoms with E-state index in [4.69, 9.17) is 5.41 Å². The van der Waals surface area contributed by atoms with Gasteiger partial charge in [-0.05, 0) is 78.0 Å². The van der Waals surface area contributed by atoms with Gasteiger partial charge in [0.1, 0.15) is 17.3 Å². The Labute approximate surface area is 229 Å². The molecule has 1 unspecified atom stereocenters. The summed E-state index contributed by atoms with van der Waals surface area (Å²) in [5, 5.41) is 14.4. The Morgan fingerprint density at radius 3 is 2.62 bits per heavy atom. The molecule has 1 aliphatic heterocycles. The number of benzene rings is 2. The summed E-state index contributed by atoms with van der Waals surface area (Å²) in [7, 11) is -0.554. The monoisotopic (exact) mass is 572 g/mol. The van der Waals surface area contributed by atoms with E-state index in [0.717, 1.165) is 35.5 Å². The Balaban J connectivity index is 1.36. The maximum atomic E-state index is 13.3. The molecule has 0 bridgehead atoms. The van der Waals surface area contributed by atoms with Crippen molar-refractivity contribution < 1.29 is 22.0 Å². The number of anilines is 1. The van der Waals surface area contributed by atoms with Crippen molar-refractivity contribution in [1.29, 1.82) is 5.41 Å². The Bertz CT molecular complexity index is 1540. The smallest absolute Gasteiger partial charge is 0.274 e. The molecule has 39 heavy (non-hydrogen) atoms. The van der Waals surface area contributed by atoms with Crippen LogP contribution in [0.1, 0.15) is 28.0 Å². The molecule has 3 N–H and O–H groups in total. The van der Waals surface area contributed by atoms with E-state index in [1.54, 1.807) is 17.4 Å². The Morgan fingerprint density at radius 2 is 1.92 bits per heavy atom. The van der Waals surface area contributed by atoms with Gasteiger partial charge in [-0.1, -0.05) is 6.07 Å². The molecular formula is C26H26F2N6O3S2. The first-order valence-corrected chi connectivity index (χ1v) is 14.3. The number of rotatable bonds is 7. The second-order valence-electron chi connectivity index (χ2n) is 9.47. The zero-order chi connectivity index (χ0) is 27.9. The fraction of sp³-hybridized carbons (Fsp3) is 0.269. The van der Waals surface area contributed by atoms with Crippen molar-refractivity contribution in [2.75, 3.05) is 26.0 Å². The molecule has 2 aliphatic rings. The first-order chi connectivity index (χ1) is 18.5. The van der Waals surface area contributed by atoms with Crippen molar-refractivity contribution in [3.05, 3.63) is 89.2 Å². The summed E-state index contributed by atoms with van der Waals surface area (Å²) in [4.78, 5) is 16.5. The minimum absolute atomic E-state index is 0.0134. The number of aromatic nitrogens is 1. The highest BCUT2D eigenvalue weighted by atomic mass is 32.2. The number of sulfonamides is 1. The molecule has 1 amide bonds. The highest BCUT2D eigenvalue weighted by Gasteiger charge is 2.53. The largest absolute Gasteiger partial charge is 0.345 e. The van der Waals surface area contributed by atoms with E-state index in [0.29, 0.717) is 18.5 Å². The van der Waals surface area contributed by atoms with Crippen molar-refractivity contribution in [3.63, 3.8) is 0 Å². The number of nitrogens with one attached hydrogen (secondary N) is 3. The minimum Gasteiger partial charge on any atom is -0.345 e. The normalized spacial score (nSPS) is 20.4. The SMILES string of the molecule is CN1SC(CCN(C)S(=O)(=O)c2ccc(F)cc2)[C@]2(Cc3ccc(NC(=O)c4ccc(F)cn4)cc32)NC1=N. The first kappa shape index (κ1) is 27.0. The summed E-state index contributed by atoms with van der Waals surface area (Å²) in [6.07, 6.45) is 2.06. The molecule has 2 aromatic carbocycles. The summed E-state index contributed by atoms with van der Waals surface area (Å²) in [6, 6.07) is 12.7. The molecule has 9 nitrogen and oxygen atoms in total. The Kier molecular flexibility index (Phi) is 7.08. The number of hydrogen-bond acceptors (Lipinski definition) is 6. The third-order valence-electron chi connectivity index (χ3n) is 7.00. The van der Waals surface area contributed by atoms with E-state index in [9.17, 15) is 22.0 Å². The summed E-state index contributed by atoms with van der Waals surface area (Å²) in [5.41, 5.74) is 1.92. The number of nitrogens with zero attached hydrogens (tertiary/aromatic N) is 3. The number of carbonyl (C=O) groups is 1. The molecule has 2 heterocycles. The van der Waals surface area contributed by atoms with E-state index in [2.05, 4.69) is 15.6 Å². The van der Waals surface area contributed by atoms with Crippen LogP contribution in [-0.2, 0) is 22.0 Å². The average Bonchev–Trinajstić information content (AvgIpc) is 2.90. The van der Waals surface area contributed by atoms with E-state index < -0.39 is 33.1 Å². The molecule has 1 spiro atoms. The molecule has 1 aliphatic carbocycles. The summed E-state index contributed by atoms with van der Waals surface area (Å²) in [5.74, 6) is -1.31. The predicted octanol–water partition coefficient (Wildman–Crippen LogP) is 3.56. The van der Waals surface area contributed by atoms with Gasteiger partial charge in [0.2, 0.25) is 16.0 Å². The van der Waals surface area contributed by atoms with Gasteiger partial charge in [-0.2, -0.15) is 0 Å². The summed E-state index contributed by atoms with van der Waals surface area (Å²) < 4.78 is 55.5. The van der Waals surface area contributed by atoms with Crippen molar-refractivity contribution in [2.45, 2.75) is 28.5 Å². The molecule has 204 valence electrons. The predicted molar refractivity (Wildman–Crippen MR) is 145 cm³/mol. The van der Waals surface area contributed by atoms with Gasteiger partial charge in [-0.15, -0.1) is 0 Å². The Hall–Kier alpha value is -3.55. The number of amides is 1. The van der Waals surface area contributed by atoms with Crippen LogP contribution in [0.3, 0.4) is 0 Å². The van der Waals surface area contributed by atoms with E-state index >= 15 is 0 Å². The van der Waals surface area contributed by atoms with Crippen molar-refractivity contribution in [2.24, 2.45) is 0 Å². The average molecular weight is 573 g/mol. The van der Waals surface area contributed by atoms with Gasteiger partial charge < -0.3 is 10.6 Å². The molecule has 2 atom stereocenters. The van der Waals surface area contributed by atoms with Gasteiger partial charge in [0.05, 0.1) is 21.9 Å². The second-order valence-corrected chi connectivity index (χ2v) is 12.8. The molecule has 1 fully saturated rings. The fourth-order valence-corrected chi connectivity index (χ4v) is 7.20. The van der Waals surface area contributed by atoms with Gasteiger partial charge >= 0.3 is 0 Å². The Morgan fingerprint density at radius 1 is 1.21 bits per heavy atom. The lowest BCUT2D eigenvalue weighted by Gasteiger charge is -2.54. The third kappa shape index (κ3) is 5.09. The van der Waals surface area contributed by atoms with Crippen LogP contribution >= 0.6 is 11.9 Å². The van der Waals surface area contributed by atoms with Crippen LogP contribution in [0.25, 0.3) is 0 Å². The number of pyridine rings is 1. The van der Waals surface area contributed by atoms with Crippen molar-refractivity contribution >= 4 is 39.5 Å². The van der Waals surface area contributed by atoms with Gasteiger partial charge in [0.25, 0.3) is 5.91 Å². The van der Waals surface area contributed by atoms with Crippen LogP contribution < -0.4 is 10.6 Å². The van der Waals surface area contributed by atoms with E-state index in [-0.39, 0.29) is 28.3 Å². The molecule has 5 rings (SSSR count). The van der Waals surface area contributed by atoms with Crippen LogP contribution in [-0.4, -0.2) is 59.8 Å². The molecule has 0 saturated carbocycles. The summed E-state index contributed by atoms with van der Waals surface area (Å²) >= 11 is 1.45. The standard InChI is InChI=1S/C26H26F2N6O3S2/c1-33(39(36,37)20-8-4-17(27)5-9-20)12-11-23-26(32-25(29)34(2)38-23)14-16-3-7-19(13-21(16)26)31-24(35)22-10-6-18(28)15-30-22/h3-10,13,15,23H,11-12,14H2,1-2H3,(H2,29,32)(H,31,35)/t23?,26-/m1/s1. The van der Waals surface area contributed by atoms with E-state index in [1.165, 1.54) is 41.5 Å². The highest BCUT2D eigenvalue weighted by molar-refractivity contribution is 7.98. The maximum Gasteiger partial charge on any atom is 0.274 e. The van der Waals surface area contributed by atoms with Crippen molar-refractivity contribution in [3.8, 4) is 0 Å². The lowest BCUT2D eigenvalue weighted by Crippen LogP contribution is -2.65. The molecular weight excluding hydrogens is 546 g/mol. The third-order valence-corrected chi connectivity index (χ3v) is 10.3. The number of fused-ring (bicyclic) bond motifs is 2. The first-order valence-electron chi connectivity index (χ1n) is 12.0. The summed E-state index contributed by atoms with van der Waals surface area (Å²) in [6.45, 7) is 0.198. The minimum atomic E-state index is -3.81. The van der Waals surface area contributed by atoms with Crippen LogP contribution in [0.4, 0.5) is 14.5 Å². The van der Waals surface area contributed by atoms with Gasteiger partial charge in [0.15, 0.2) is 0 Å². The number of carbonyl (C=O) groups excluding carboxylic acids is 1. The maximum absolute atomic E-state index is 13.3. The molecule has 0 radical (unpaired) electrons.